The van der Waals surface area contributed by atoms with Gasteiger partial charge >= 0.3 is 11.8 Å². The van der Waals surface area contributed by atoms with Crippen molar-refractivity contribution in [1.82, 2.24) is 30.3 Å². The van der Waals surface area contributed by atoms with E-state index in [2.05, 4.69) is 30.3 Å². The number of halogens is 1. The molecule has 9 heteroatoms. The number of pyridine rings is 1. The quantitative estimate of drug-likeness (QED) is 0.711. The Morgan fingerprint density at radius 3 is 3.04 bits per heavy atom. The van der Waals surface area contributed by atoms with Crippen LogP contribution in [0.2, 0.25) is 5.02 Å². The monoisotopic (exact) mass is 374 g/mol. The van der Waals surface area contributed by atoms with Crippen molar-refractivity contribution < 1.29 is 9.32 Å². The van der Waals surface area contributed by atoms with Crippen LogP contribution in [0.25, 0.3) is 22.4 Å². The Bertz CT molecular complexity index is 915. The highest BCUT2D eigenvalue weighted by Crippen LogP contribution is 2.31. The van der Waals surface area contributed by atoms with Crippen LogP contribution in [0.5, 0.6) is 0 Å². The van der Waals surface area contributed by atoms with Gasteiger partial charge in [-0.25, -0.2) is 4.98 Å². The highest BCUT2D eigenvalue weighted by atomic mass is 35.5. The zero-order valence-corrected chi connectivity index (χ0v) is 14.9. The number of aromatic nitrogens is 4. The number of hydrogen-bond donors (Lipinski definition) is 2. The van der Waals surface area contributed by atoms with Crippen molar-refractivity contribution in [3.8, 4) is 11.4 Å². The molecule has 0 saturated carbocycles. The Hall–Kier alpha value is -2.45. The number of nitrogens with zero attached hydrogens (tertiary/aromatic N) is 4. The van der Waals surface area contributed by atoms with Crippen LogP contribution in [-0.2, 0) is 0 Å². The van der Waals surface area contributed by atoms with E-state index in [9.17, 15) is 4.79 Å². The Labute approximate surface area is 154 Å². The van der Waals surface area contributed by atoms with Crippen LogP contribution >= 0.6 is 11.6 Å². The molecule has 136 valence electrons. The van der Waals surface area contributed by atoms with Gasteiger partial charge in [-0.1, -0.05) is 23.2 Å². The van der Waals surface area contributed by atoms with E-state index in [1.165, 1.54) is 19.3 Å². The summed E-state index contributed by atoms with van der Waals surface area (Å²) in [6.45, 7) is 3.56. The molecule has 1 fully saturated rings. The minimum Gasteiger partial charge on any atom is -0.347 e. The number of carbonyl (C=O) groups is 1. The smallest absolute Gasteiger partial charge is 0.316 e. The molecule has 4 heterocycles. The van der Waals surface area contributed by atoms with Crippen molar-refractivity contribution in [1.29, 1.82) is 0 Å². The molecule has 1 saturated heterocycles. The van der Waals surface area contributed by atoms with Crippen LogP contribution in [-0.4, -0.2) is 57.1 Å². The van der Waals surface area contributed by atoms with Crippen LogP contribution in [0.15, 0.2) is 23.0 Å². The summed E-state index contributed by atoms with van der Waals surface area (Å²) in [6.07, 6.45) is 7.05. The van der Waals surface area contributed by atoms with E-state index in [0.717, 1.165) is 25.0 Å². The van der Waals surface area contributed by atoms with Gasteiger partial charge in [-0.15, -0.1) is 0 Å². The minimum absolute atomic E-state index is 0.0797. The van der Waals surface area contributed by atoms with Crippen LogP contribution < -0.4 is 5.32 Å². The lowest BCUT2D eigenvalue weighted by Gasteiger charge is -2.26. The van der Waals surface area contributed by atoms with E-state index >= 15 is 0 Å². The number of piperidine rings is 1. The average Bonchev–Trinajstić information content (AvgIpc) is 3.33. The van der Waals surface area contributed by atoms with E-state index in [4.69, 9.17) is 16.1 Å². The fraction of sp³-hybridized carbons (Fsp3) is 0.412. The van der Waals surface area contributed by atoms with Gasteiger partial charge in [0.2, 0.25) is 5.82 Å². The topological polar surface area (TPSA) is 99.9 Å². The largest absolute Gasteiger partial charge is 0.347 e. The Morgan fingerprint density at radius 1 is 1.35 bits per heavy atom. The van der Waals surface area contributed by atoms with Crippen molar-refractivity contribution in [3.63, 3.8) is 0 Å². The highest BCUT2D eigenvalue weighted by Gasteiger charge is 2.19. The molecule has 0 unspecified atom stereocenters. The number of hydrogen-bond acceptors (Lipinski definition) is 6. The molecule has 0 spiro atoms. The number of amides is 1. The number of carbonyl (C=O) groups excluding carboxylic acids is 1. The number of rotatable bonds is 5. The SMILES string of the molecule is O=C(NCCN1CCCCC1)c1nc(-c2cnc3[nH]ccc3c2Cl)no1. The molecule has 0 bridgehead atoms. The Balaban J connectivity index is 1.41. The number of aromatic amines is 1. The van der Waals surface area contributed by atoms with E-state index in [1.807, 2.05) is 6.07 Å². The molecule has 1 aliphatic heterocycles. The maximum atomic E-state index is 12.2. The fourth-order valence-corrected chi connectivity index (χ4v) is 3.43. The van der Waals surface area contributed by atoms with Crippen LogP contribution in [0, 0.1) is 0 Å². The second-order valence-electron chi connectivity index (χ2n) is 6.31. The molecular weight excluding hydrogens is 356 g/mol. The first-order chi connectivity index (χ1) is 12.7. The number of H-pyrrole nitrogens is 1. The maximum absolute atomic E-state index is 12.2. The standard InChI is InChI=1S/C17H19ClN6O2/c18-13-11-4-5-19-14(11)21-10-12(13)15-22-17(26-23-15)16(25)20-6-9-24-7-2-1-3-8-24/h4-5,10H,1-3,6-9H2,(H,19,21)(H,20,25). The fourth-order valence-electron chi connectivity index (χ4n) is 3.14. The third-order valence-corrected chi connectivity index (χ3v) is 4.95. The van der Waals surface area contributed by atoms with Crippen molar-refractivity contribution in [2.45, 2.75) is 19.3 Å². The lowest BCUT2D eigenvalue weighted by atomic mass is 10.1. The summed E-state index contributed by atoms with van der Waals surface area (Å²) in [5.74, 6) is -0.219. The zero-order chi connectivity index (χ0) is 17.9. The van der Waals surface area contributed by atoms with Crippen molar-refractivity contribution in [2.24, 2.45) is 0 Å². The third kappa shape index (κ3) is 3.42. The third-order valence-electron chi connectivity index (χ3n) is 4.54. The van der Waals surface area contributed by atoms with Gasteiger partial charge in [-0.3, -0.25) is 4.79 Å². The molecule has 0 aromatic carbocycles. The van der Waals surface area contributed by atoms with Gasteiger partial charge in [0.1, 0.15) is 5.65 Å². The molecule has 3 aromatic rings. The Morgan fingerprint density at radius 2 is 2.19 bits per heavy atom. The maximum Gasteiger partial charge on any atom is 0.316 e. The lowest BCUT2D eigenvalue weighted by Crippen LogP contribution is -2.37. The predicted molar refractivity (Wildman–Crippen MR) is 97.0 cm³/mol. The van der Waals surface area contributed by atoms with Crippen molar-refractivity contribution in [3.05, 3.63) is 29.4 Å². The molecule has 2 N–H and O–H groups in total. The van der Waals surface area contributed by atoms with E-state index in [-0.39, 0.29) is 17.6 Å². The highest BCUT2D eigenvalue weighted by molar-refractivity contribution is 6.37. The normalized spacial score (nSPS) is 15.4. The van der Waals surface area contributed by atoms with Crippen LogP contribution in [0.3, 0.4) is 0 Å². The van der Waals surface area contributed by atoms with Crippen molar-refractivity contribution >= 4 is 28.5 Å². The summed E-state index contributed by atoms with van der Waals surface area (Å²) in [6, 6.07) is 1.82. The molecule has 1 aliphatic rings. The molecule has 0 atom stereocenters. The summed E-state index contributed by atoms with van der Waals surface area (Å²) in [5.41, 5.74) is 1.20. The molecule has 0 aliphatic carbocycles. The predicted octanol–water partition coefficient (Wildman–Crippen LogP) is 2.48. The first-order valence-electron chi connectivity index (χ1n) is 8.68. The summed E-state index contributed by atoms with van der Waals surface area (Å²) in [7, 11) is 0. The van der Waals surface area contributed by atoms with Gasteiger partial charge in [-0.05, 0) is 32.0 Å². The number of nitrogens with one attached hydrogen (secondary N) is 2. The zero-order valence-electron chi connectivity index (χ0n) is 14.2. The Kier molecular flexibility index (Phi) is 4.85. The molecule has 8 nitrogen and oxygen atoms in total. The second-order valence-corrected chi connectivity index (χ2v) is 6.69. The van der Waals surface area contributed by atoms with Crippen molar-refractivity contribution in [2.75, 3.05) is 26.2 Å². The summed E-state index contributed by atoms with van der Waals surface area (Å²) < 4.78 is 5.09. The van der Waals surface area contributed by atoms with Crippen LogP contribution in [0.1, 0.15) is 29.9 Å². The minimum atomic E-state index is -0.382. The van der Waals surface area contributed by atoms with E-state index in [1.54, 1.807) is 12.4 Å². The molecule has 3 aromatic heterocycles. The number of likely N-dealkylation sites (tertiary alicyclic amines) is 1. The first kappa shape index (κ1) is 17.0. The van der Waals surface area contributed by atoms with Gasteiger partial charge in [0.15, 0.2) is 0 Å². The molecule has 0 radical (unpaired) electrons. The van der Waals surface area contributed by atoms with E-state index in [0.29, 0.717) is 22.8 Å². The molecule has 1 amide bonds. The van der Waals surface area contributed by atoms with Gasteiger partial charge < -0.3 is 19.7 Å². The molecular formula is C17H19ClN6O2. The molecule has 4 rings (SSSR count). The van der Waals surface area contributed by atoms with E-state index < -0.39 is 0 Å². The van der Waals surface area contributed by atoms with Crippen LogP contribution in [0.4, 0.5) is 0 Å². The summed E-state index contributed by atoms with van der Waals surface area (Å²) in [4.78, 5) is 26.0. The lowest BCUT2D eigenvalue weighted by molar-refractivity contribution is 0.0903. The van der Waals surface area contributed by atoms with Gasteiger partial charge in [0.05, 0.1) is 10.6 Å². The molecule has 26 heavy (non-hydrogen) atoms. The second kappa shape index (κ2) is 7.43. The average molecular weight is 375 g/mol. The summed E-state index contributed by atoms with van der Waals surface area (Å²) >= 11 is 6.39. The van der Waals surface area contributed by atoms with Gasteiger partial charge in [0.25, 0.3) is 0 Å². The number of fused-ring (bicyclic) bond motifs is 1. The first-order valence-corrected chi connectivity index (χ1v) is 9.06. The van der Waals surface area contributed by atoms with Gasteiger partial charge in [0, 0.05) is 30.9 Å². The summed E-state index contributed by atoms with van der Waals surface area (Å²) in [5, 5.41) is 7.92. The van der Waals surface area contributed by atoms with Gasteiger partial charge in [-0.2, -0.15) is 4.98 Å².